The molecule has 132 valence electrons. The van der Waals surface area contributed by atoms with Crippen LogP contribution >= 0.6 is 0 Å². The number of rotatable bonds is 3. The number of hydrogen-bond acceptors (Lipinski definition) is 6. The summed E-state index contributed by atoms with van der Waals surface area (Å²) in [7, 11) is 1.50. The van der Waals surface area contributed by atoms with Gasteiger partial charge in [0, 0.05) is 6.07 Å². The third kappa shape index (κ3) is 2.33. The number of methoxy groups -OCH3 is 1. The van der Waals surface area contributed by atoms with Gasteiger partial charge in [0.2, 0.25) is 0 Å². The van der Waals surface area contributed by atoms with Crippen molar-refractivity contribution in [1.29, 1.82) is 0 Å². The first-order valence-electron chi connectivity index (χ1n) is 7.99. The van der Waals surface area contributed by atoms with Crippen LogP contribution in [-0.2, 0) is 9.59 Å². The molecule has 1 fully saturated rings. The van der Waals surface area contributed by atoms with E-state index >= 15 is 0 Å². The van der Waals surface area contributed by atoms with Crippen molar-refractivity contribution in [3.8, 4) is 5.75 Å². The van der Waals surface area contributed by atoms with Crippen LogP contribution in [0.2, 0.25) is 0 Å². The molecule has 0 aromatic heterocycles. The number of benzene rings is 2. The average Bonchev–Trinajstić information content (AvgIpc) is 3.18. The van der Waals surface area contributed by atoms with Crippen molar-refractivity contribution < 1.29 is 18.7 Å². The fourth-order valence-corrected chi connectivity index (χ4v) is 3.10. The van der Waals surface area contributed by atoms with Crippen molar-refractivity contribution in [2.45, 2.75) is 19.0 Å². The lowest BCUT2D eigenvalue weighted by molar-refractivity contribution is -0.121. The Labute approximate surface area is 148 Å². The normalized spacial score (nSPS) is 21.5. The lowest BCUT2D eigenvalue weighted by Crippen LogP contribution is -2.40. The first-order chi connectivity index (χ1) is 12.5. The molecule has 8 heteroatoms. The Morgan fingerprint density at radius 1 is 1.08 bits per heavy atom. The van der Waals surface area contributed by atoms with E-state index < -0.39 is 29.7 Å². The zero-order valence-electron chi connectivity index (χ0n) is 14.1. The molecule has 4 rings (SSSR count). The van der Waals surface area contributed by atoms with E-state index in [1.165, 1.54) is 18.2 Å². The van der Waals surface area contributed by atoms with Crippen LogP contribution in [0.5, 0.6) is 5.75 Å². The molecule has 2 atom stereocenters. The van der Waals surface area contributed by atoms with Crippen molar-refractivity contribution in [3.05, 3.63) is 53.8 Å². The summed E-state index contributed by atoms with van der Waals surface area (Å²) in [5.74, 6) is -0.812. The second-order valence-corrected chi connectivity index (χ2v) is 6.09. The SMILES string of the molecule is COc1cccc(N2C(=O)[C@@H]3N=NN(c4ccc(C)c(F)c4)[C@H]3C2=O)c1. The molecule has 2 amide bonds. The van der Waals surface area contributed by atoms with E-state index in [2.05, 4.69) is 10.3 Å². The minimum absolute atomic E-state index is 0.373. The van der Waals surface area contributed by atoms with Gasteiger partial charge < -0.3 is 4.74 Å². The van der Waals surface area contributed by atoms with E-state index in [9.17, 15) is 14.0 Å². The molecular formula is C18H15FN4O3. The largest absolute Gasteiger partial charge is 0.497 e. The molecule has 0 unspecified atom stereocenters. The maximum absolute atomic E-state index is 13.9. The van der Waals surface area contributed by atoms with Crippen LogP contribution in [0.3, 0.4) is 0 Å². The van der Waals surface area contributed by atoms with Gasteiger partial charge in [0.25, 0.3) is 11.8 Å². The highest BCUT2D eigenvalue weighted by Crippen LogP contribution is 2.36. The number of ether oxygens (including phenoxy) is 1. The zero-order valence-corrected chi connectivity index (χ0v) is 14.1. The van der Waals surface area contributed by atoms with Crippen LogP contribution in [0.1, 0.15) is 5.56 Å². The van der Waals surface area contributed by atoms with Crippen LogP contribution in [0.4, 0.5) is 15.8 Å². The Balaban J connectivity index is 1.70. The number of halogens is 1. The number of nitrogens with zero attached hydrogens (tertiary/aromatic N) is 4. The van der Waals surface area contributed by atoms with Crippen LogP contribution < -0.4 is 14.6 Å². The maximum Gasteiger partial charge on any atom is 0.263 e. The summed E-state index contributed by atoms with van der Waals surface area (Å²) in [5, 5.41) is 9.16. The lowest BCUT2D eigenvalue weighted by Gasteiger charge is -2.21. The van der Waals surface area contributed by atoms with E-state index in [0.717, 1.165) is 4.90 Å². The number of hydrogen-bond donors (Lipinski definition) is 0. The van der Waals surface area contributed by atoms with Gasteiger partial charge in [-0.05, 0) is 36.8 Å². The molecule has 2 aliphatic rings. The fraction of sp³-hybridized carbons (Fsp3) is 0.222. The number of imide groups is 1. The van der Waals surface area contributed by atoms with Gasteiger partial charge in [0.15, 0.2) is 12.1 Å². The Bertz CT molecular complexity index is 946. The molecular weight excluding hydrogens is 339 g/mol. The molecule has 2 aromatic rings. The topological polar surface area (TPSA) is 74.6 Å². The molecule has 0 bridgehead atoms. The molecule has 0 spiro atoms. The first-order valence-corrected chi connectivity index (χ1v) is 7.99. The molecule has 2 aliphatic heterocycles. The summed E-state index contributed by atoms with van der Waals surface area (Å²) in [4.78, 5) is 26.7. The van der Waals surface area contributed by atoms with E-state index in [1.54, 1.807) is 43.3 Å². The van der Waals surface area contributed by atoms with E-state index in [0.29, 0.717) is 22.7 Å². The minimum atomic E-state index is -0.946. The van der Waals surface area contributed by atoms with Gasteiger partial charge in [-0.3, -0.25) is 9.59 Å². The van der Waals surface area contributed by atoms with Gasteiger partial charge in [0.1, 0.15) is 11.6 Å². The van der Waals surface area contributed by atoms with Crippen molar-refractivity contribution >= 4 is 23.2 Å². The molecule has 0 N–H and O–H groups in total. The second kappa shape index (κ2) is 5.91. The number of anilines is 2. The van der Waals surface area contributed by atoms with Gasteiger partial charge in [-0.25, -0.2) is 14.3 Å². The third-order valence-electron chi connectivity index (χ3n) is 4.51. The summed E-state index contributed by atoms with van der Waals surface area (Å²) < 4.78 is 19.1. The van der Waals surface area contributed by atoms with Crippen LogP contribution in [0, 0.1) is 12.7 Å². The summed E-state index contributed by atoms with van der Waals surface area (Å²) in [6.07, 6.45) is 0. The van der Waals surface area contributed by atoms with Gasteiger partial charge in [-0.2, -0.15) is 5.11 Å². The lowest BCUT2D eigenvalue weighted by atomic mass is 10.1. The smallest absolute Gasteiger partial charge is 0.263 e. The highest BCUT2D eigenvalue weighted by atomic mass is 19.1. The number of carbonyl (C=O) groups excluding carboxylic acids is 2. The zero-order chi connectivity index (χ0) is 18.4. The summed E-state index contributed by atoms with van der Waals surface area (Å²) in [6.45, 7) is 1.64. The first kappa shape index (κ1) is 16.2. The van der Waals surface area contributed by atoms with E-state index in [1.807, 2.05) is 0 Å². The summed E-state index contributed by atoms with van der Waals surface area (Å²) in [6, 6.07) is 9.31. The van der Waals surface area contributed by atoms with Crippen LogP contribution in [-0.4, -0.2) is 31.0 Å². The minimum Gasteiger partial charge on any atom is -0.497 e. The second-order valence-electron chi connectivity index (χ2n) is 6.09. The number of amides is 2. The van der Waals surface area contributed by atoms with E-state index in [-0.39, 0.29) is 0 Å². The van der Waals surface area contributed by atoms with Gasteiger partial charge >= 0.3 is 0 Å². The Kier molecular flexibility index (Phi) is 3.68. The van der Waals surface area contributed by atoms with Crippen molar-refractivity contribution in [2.75, 3.05) is 17.0 Å². The highest BCUT2D eigenvalue weighted by Gasteiger charge is 2.55. The molecule has 0 radical (unpaired) electrons. The van der Waals surface area contributed by atoms with Gasteiger partial charge in [-0.1, -0.05) is 17.4 Å². The summed E-state index contributed by atoms with van der Waals surface area (Å²) >= 11 is 0. The molecule has 7 nitrogen and oxygen atoms in total. The standard InChI is InChI=1S/C18H15FN4O3/c1-10-6-7-12(9-14(10)19)23-16-15(20-21-23)17(24)22(18(16)25)11-4-3-5-13(8-11)26-2/h3-9,15-16H,1-2H3/t15-,16-/m1/s1. The molecule has 2 heterocycles. The predicted molar refractivity (Wildman–Crippen MR) is 91.5 cm³/mol. The third-order valence-corrected chi connectivity index (χ3v) is 4.51. The van der Waals surface area contributed by atoms with Crippen LogP contribution in [0.25, 0.3) is 0 Å². The Morgan fingerprint density at radius 3 is 2.62 bits per heavy atom. The Hall–Kier alpha value is -3.29. The number of aryl methyl sites for hydroxylation is 1. The number of fused-ring (bicyclic) bond motifs is 1. The molecule has 0 saturated carbocycles. The molecule has 26 heavy (non-hydrogen) atoms. The molecule has 1 saturated heterocycles. The fourth-order valence-electron chi connectivity index (χ4n) is 3.10. The number of carbonyl (C=O) groups is 2. The Morgan fingerprint density at radius 2 is 1.88 bits per heavy atom. The van der Waals surface area contributed by atoms with Crippen molar-refractivity contribution in [2.24, 2.45) is 10.3 Å². The quantitative estimate of drug-likeness (QED) is 0.794. The monoisotopic (exact) mass is 354 g/mol. The van der Waals surface area contributed by atoms with E-state index in [4.69, 9.17) is 4.74 Å². The van der Waals surface area contributed by atoms with Gasteiger partial charge in [0.05, 0.1) is 18.5 Å². The van der Waals surface area contributed by atoms with Crippen molar-refractivity contribution in [1.82, 2.24) is 0 Å². The highest BCUT2D eigenvalue weighted by molar-refractivity contribution is 6.26. The predicted octanol–water partition coefficient (Wildman–Crippen LogP) is 2.64. The summed E-state index contributed by atoms with van der Waals surface area (Å²) in [5.41, 5.74) is 1.25. The molecule has 2 aromatic carbocycles. The van der Waals surface area contributed by atoms with Gasteiger partial charge in [-0.15, -0.1) is 0 Å². The maximum atomic E-state index is 13.9. The van der Waals surface area contributed by atoms with Crippen LogP contribution in [0.15, 0.2) is 52.8 Å². The average molecular weight is 354 g/mol. The molecule has 0 aliphatic carbocycles. The van der Waals surface area contributed by atoms with Crippen molar-refractivity contribution in [3.63, 3.8) is 0 Å².